The van der Waals surface area contributed by atoms with Gasteiger partial charge in [0.2, 0.25) is 0 Å². The van der Waals surface area contributed by atoms with Crippen molar-refractivity contribution in [3.05, 3.63) is 58.9 Å². The van der Waals surface area contributed by atoms with Gasteiger partial charge in [-0.25, -0.2) is 13.2 Å². The standard InChI is InChI=1S/C18H16F6N2O2.2ClH/c19-12-9-13(27)14(16(21)15(12)20)17(26-7-5-25-6-8-26)10-1-3-11(4-2-10)28-18(22,23)24;;/h1-4,9,17,25,27H,5-8H2;2*1H/t17-;;/m1../s1. The molecule has 0 spiro atoms. The summed E-state index contributed by atoms with van der Waals surface area (Å²) in [7, 11) is 0. The van der Waals surface area contributed by atoms with Crippen molar-refractivity contribution in [1.82, 2.24) is 10.2 Å². The van der Waals surface area contributed by atoms with Crippen LogP contribution in [-0.2, 0) is 0 Å². The molecule has 30 heavy (non-hydrogen) atoms. The van der Waals surface area contributed by atoms with Crippen LogP contribution in [0.25, 0.3) is 0 Å². The lowest BCUT2D eigenvalue weighted by molar-refractivity contribution is -0.274. The van der Waals surface area contributed by atoms with Crippen molar-refractivity contribution in [2.24, 2.45) is 0 Å². The number of halogens is 8. The summed E-state index contributed by atoms with van der Waals surface area (Å²) in [6.07, 6.45) is -4.87. The topological polar surface area (TPSA) is 44.7 Å². The number of rotatable bonds is 4. The molecule has 2 N–H and O–H groups in total. The normalized spacial score (nSPS) is 15.7. The van der Waals surface area contributed by atoms with E-state index in [9.17, 15) is 31.4 Å². The molecule has 3 rings (SSSR count). The molecule has 1 heterocycles. The SMILES string of the molecule is Cl.Cl.Oc1cc(F)c(F)c(F)c1[C@@H](c1ccc(OC(F)(F)F)cc1)N1CCNCC1. The zero-order valence-electron chi connectivity index (χ0n) is 15.2. The van der Waals surface area contributed by atoms with Gasteiger partial charge in [-0.15, -0.1) is 38.0 Å². The van der Waals surface area contributed by atoms with E-state index in [2.05, 4.69) is 10.1 Å². The molecule has 0 amide bonds. The van der Waals surface area contributed by atoms with E-state index in [1.807, 2.05) is 0 Å². The zero-order chi connectivity index (χ0) is 20.5. The molecule has 12 heteroatoms. The molecule has 2 aromatic carbocycles. The molecular weight excluding hydrogens is 461 g/mol. The maximum Gasteiger partial charge on any atom is 0.573 e. The smallest absolute Gasteiger partial charge is 0.507 e. The van der Waals surface area contributed by atoms with Gasteiger partial charge >= 0.3 is 6.36 Å². The number of phenolic OH excluding ortho intramolecular Hbond substituents is 1. The van der Waals surface area contributed by atoms with Crippen LogP contribution < -0.4 is 10.1 Å². The molecule has 168 valence electrons. The molecule has 0 saturated carbocycles. The number of nitrogens with one attached hydrogen (secondary N) is 1. The summed E-state index contributed by atoms with van der Waals surface area (Å²) in [5, 5.41) is 13.2. The monoisotopic (exact) mass is 478 g/mol. The number of nitrogens with zero attached hydrogens (tertiary/aromatic N) is 1. The lowest BCUT2D eigenvalue weighted by Crippen LogP contribution is -2.45. The molecule has 0 aliphatic carbocycles. The van der Waals surface area contributed by atoms with Crippen molar-refractivity contribution in [1.29, 1.82) is 0 Å². The Morgan fingerprint density at radius 1 is 0.967 bits per heavy atom. The second-order valence-electron chi connectivity index (χ2n) is 6.22. The largest absolute Gasteiger partial charge is 0.573 e. The molecule has 0 radical (unpaired) electrons. The number of ether oxygens (including phenoxy) is 1. The van der Waals surface area contributed by atoms with E-state index in [0.29, 0.717) is 32.2 Å². The van der Waals surface area contributed by atoms with E-state index in [1.165, 1.54) is 12.1 Å². The molecule has 1 saturated heterocycles. The van der Waals surface area contributed by atoms with Crippen molar-refractivity contribution < 1.29 is 36.2 Å². The summed E-state index contributed by atoms with van der Waals surface area (Å²) >= 11 is 0. The number of piperazine rings is 1. The van der Waals surface area contributed by atoms with Gasteiger partial charge in [0.25, 0.3) is 0 Å². The second-order valence-corrected chi connectivity index (χ2v) is 6.22. The Kier molecular flexibility index (Phi) is 9.09. The molecule has 1 atom stereocenters. The third-order valence-electron chi connectivity index (χ3n) is 4.40. The summed E-state index contributed by atoms with van der Waals surface area (Å²) in [5.74, 6) is -6.07. The Hall–Kier alpha value is -1.88. The zero-order valence-corrected chi connectivity index (χ0v) is 16.8. The van der Waals surface area contributed by atoms with Gasteiger partial charge in [0, 0.05) is 32.2 Å². The summed E-state index contributed by atoms with van der Waals surface area (Å²) in [6, 6.07) is 4.03. The maximum atomic E-state index is 14.5. The predicted molar refractivity (Wildman–Crippen MR) is 102 cm³/mol. The van der Waals surface area contributed by atoms with E-state index in [1.54, 1.807) is 4.90 Å². The van der Waals surface area contributed by atoms with Gasteiger partial charge in [-0.3, -0.25) is 4.90 Å². The van der Waals surface area contributed by atoms with Crippen LogP contribution in [0.15, 0.2) is 30.3 Å². The minimum absolute atomic E-state index is 0. The van der Waals surface area contributed by atoms with Crippen LogP contribution in [0, 0.1) is 17.5 Å². The number of hydrogen-bond acceptors (Lipinski definition) is 4. The highest BCUT2D eigenvalue weighted by Gasteiger charge is 2.33. The van der Waals surface area contributed by atoms with Gasteiger partial charge in [-0.2, -0.15) is 0 Å². The van der Waals surface area contributed by atoms with Gasteiger partial charge in [0.15, 0.2) is 17.5 Å². The maximum absolute atomic E-state index is 14.5. The highest BCUT2D eigenvalue weighted by Crippen LogP contribution is 2.38. The molecule has 1 fully saturated rings. The lowest BCUT2D eigenvalue weighted by Gasteiger charge is -2.36. The van der Waals surface area contributed by atoms with Crippen LogP contribution in [0.4, 0.5) is 26.3 Å². The number of benzene rings is 2. The lowest BCUT2D eigenvalue weighted by atomic mass is 9.94. The predicted octanol–water partition coefficient (Wildman–Crippen LogP) is 4.55. The first-order valence-electron chi connectivity index (χ1n) is 8.34. The van der Waals surface area contributed by atoms with E-state index in [4.69, 9.17) is 0 Å². The first-order chi connectivity index (χ1) is 13.2. The number of alkyl halides is 3. The van der Waals surface area contributed by atoms with Gasteiger partial charge in [-0.05, 0) is 17.7 Å². The highest BCUT2D eigenvalue weighted by atomic mass is 35.5. The molecule has 1 aliphatic heterocycles. The van der Waals surface area contributed by atoms with E-state index in [-0.39, 0.29) is 30.4 Å². The number of hydrogen-bond donors (Lipinski definition) is 2. The fraction of sp³-hybridized carbons (Fsp3) is 0.333. The molecule has 2 aromatic rings. The Morgan fingerprint density at radius 2 is 1.53 bits per heavy atom. The molecular formula is C18H18Cl2F6N2O2. The number of phenols is 1. The van der Waals surface area contributed by atoms with Gasteiger partial charge in [0.05, 0.1) is 11.6 Å². The first kappa shape index (κ1) is 26.2. The average molecular weight is 479 g/mol. The third kappa shape index (κ3) is 5.84. The summed E-state index contributed by atoms with van der Waals surface area (Å²) in [5.41, 5.74) is -0.193. The average Bonchev–Trinajstić information content (AvgIpc) is 2.64. The van der Waals surface area contributed by atoms with E-state index < -0.39 is 46.9 Å². The first-order valence-corrected chi connectivity index (χ1v) is 8.34. The fourth-order valence-electron chi connectivity index (χ4n) is 3.21. The van der Waals surface area contributed by atoms with Gasteiger partial charge in [-0.1, -0.05) is 12.1 Å². The Labute approximate surface area is 180 Å². The van der Waals surface area contributed by atoms with E-state index >= 15 is 0 Å². The molecule has 4 nitrogen and oxygen atoms in total. The van der Waals surface area contributed by atoms with Crippen molar-refractivity contribution in [2.45, 2.75) is 12.4 Å². The minimum atomic E-state index is -4.87. The Balaban J connectivity index is 0.00000225. The highest BCUT2D eigenvalue weighted by molar-refractivity contribution is 5.85. The summed E-state index contributed by atoms with van der Waals surface area (Å²) < 4.78 is 82.6. The molecule has 0 unspecified atom stereocenters. The van der Waals surface area contributed by atoms with Crippen LogP contribution in [0.2, 0.25) is 0 Å². The van der Waals surface area contributed by atoms with Crippen molar-refractivity contribution in [3.8, 4) is 11.5 Å². The van der Waals surface area contributed by atoms with Crippen LogP contribution in [-0.4, -0.2) is 42.5 Å². The van der Waals surface area contributed by atoms with Crippen molar-refractivity contribution in [2.75, 3.05) is 26.2 Å². The number of aromatic hydroxyl groups is 1. The van der Waals surface area contributed by atoms with Gasteiger partial charge in [0.1, 0.15) is 11.5 Å². The van der Waals surface area contributed by atoms with Crippen molar-refractivity contribution in [3.63, 3.8) is 0 Å². The van der Waals surface area contributed by atoms with Gasteiger partial charge < -0.3 is 15.2 Å². The van der Waals surface area contributed by atoms with Crippen LogP contribution in [0.5, 0.6) is 11.5 Å². The van der Waals surface area contributed by atoms with E-state index in [0.717, 1.165) is 12.1 Å². The second kappa shape index (κ2) is 10.4. The van der Waals surface area contributed by atoms with Crippen LogP contribution >= 0.6 is 24.8 Å². The summed E-state index contributed by atoms with van der Waals surface area (Å²) in [4.78, 5) is 1.71. The molecule has 0 aromatic heterocycles. The van der Waals surface area contributed by atoms with Crippen LogP contribution in [0.1, 0.15) is 17.2 Å². The third-order valence-corrected chi connectivity index (χ3v) is 4.40. The minimum Gasteiger partial charge on any atom is -0.507 e. The van der Waals surface area contributed by atoms with Crippen LogP contribution in [0.3, 0.4) is 0 Å². The van der Waals surface area contributed by atoms with Crippen molar-refractivity contribution >= 4 is 24.8 Å². The quantitative estimate of drug-likeness (QED) is 0.500. The summed E-state index contributed by atoms with van der Waals surface area (Å²) in [6.45, 7) is 1.84. The Morgan fingerprint density at radius 3 is 2.07 bits per heavy atom. The Bertz CT molecular complexity index is 846. The fourth-order valence-corrected chi connectivity index (χ4v) is 3.21. The molecule has 1 aliphatic rings. The molecule has 0 bridgehead atoms.